The summed E-state index contributed by atoms with van der Waals surface area (Å²) in [5.74, 6) is 1.28. The van der Waals surface area contributed by atoms with E-state index in [-0.39, 0.29) is 12.0 Å². The van der Waals surface area contributed by atoms with Crippen molar-refractivity contribution in [2.24, 2.45) is 5.92 Å². The molecule has 0 aromatic carbocycles. The van der Waals surface area contributed by atoms with Crippen LogP contribution in [0.3, 0.4) is 0 Å². The number of thiophene rings is 1. The lowest BCUT2D eigenvalue weighted by atomic mass is 9.84. The first-order valence-electron chi connectivity index (χ1n) is 7.93. The molecule has 1 amide bonds. The molecule has 0 radical (unpaired) electrons. The summed E-state index contributed by atoms with van der Waals surface area (Å²) >= 11 is 1.61. The number of carbonyl (C=O) groups excluding carboxylic acids is 1. The van der Waals surface area contributed by atoms with Gasteiger partial charge in [0.1, 0.15) is 0 Å². The highest BCUT2D eigenvalue weighted by Crippen LogP contribution is 2.31. The molecule has 2 aromatic rings. The molecule has 0 N–H and O–H groups in total. The fraction of sp³-hybridized carbons (Fsp3) is 0.600. The Morgan fingerprint density at radius 1 is 1.32 bits per heavy atom. The highest BCUT2D eigenvalue weighted by atomic mass is 32.1. The number of hydrogen-bond acceptors (Lipinski definition) is 5. The van der Waals surface area contributed by atoms with E-state index in [1.54, 1.807) is 16.1 Å². The van der Waals surface area contributed by atoms with E-state index in [4.69, 9.17) is 0 Å². The number of aromatic nitrogens is 4. The van der Waals surface area contributed by atoms with Crippen LogP contribution in [0.2, 0.25) is 0 Å². The van der Waals surface area contributed by atoms with Gasteiger partial charge in [-0.3, -0.25) is 4.79 Å². The number of nitrogens with zero attached hydrogens (tertiary/aromatic N) is 5. The van der Waals surface area contributed by atoms with Crippen LogP contribution in [-0.2, 0) is 11.3 Å². The van der Waals surface area contributed by atoms with Crippen molar-refractivity contribution in [1.29, 1.82) is 0 Å². The maximum atomic E-state index is 12.5. The van der Waals surface area contributed by atoms with Gasteiger partial charge in [-0.15, -0.1) is 21.5 Å². The zero-order chi connectivity index (χ0) is 14.9. The lowest BCUT2D eigenvalue weighted by Crippen LogP contribution is -2.43. The van der Waals surface area contributed by atoms with Gasteiger partial charge in [0, 0.05) is 12.5 Å². The number of likely N-dealkylation sites (tertiary alicyclic amines) is 1. The van der Waals surface area contributed by atoms with Gasteiger partial charge in [-0.1, -0.05) is 12.5 Å². The summed E-state index contributed by atoms with van der Waals surface area (Å²) in [5.41, 5.74) is 0. The van der Waals surface area contributed by atoms with Gasteiger partial charge in [0.05, 0.1) is 17.5 Å². The molecular formula is C15H19N5OS. The Labute approximate surface area is 133 Å². The largest absolute Gasteiger partial charge is 0.338 e. The van der Waals surface area contributed by atoms with Crippen LogP contribution in [0.5, 0.6) is 0 Å². The predicted molar refractivity (Wildman–Crippen MR) is 83.2 cm³/mol. The van der Waals surface area contributed by atoms with Gasteiger partial charge in [0.25, 0.3) is 0 Å². The van der Waals surface area contributed by atoms with E-state index in [2.05, 4.69) is 20.3 Å². The first-order valence-corrected chi connectivity index (χ1v) is 8.81. The van der Waals surface area contributed by atoms with Gasteiger partial charge in [-0.05, 0) is 42.3 Å². The third-order valence-corrected chi connectivity index (χ3v) is 5.55. The summed E-state index contributed by atoms with van der Waals surface area (Å²) in [6, 6.07) is 4.20. The van der Waals surface area contributed by atoms with Crippen LogP contribution < -0.4 is 0 Å². The standard InChI is InChI=1S/C15H19N5OS/c21-15(11-4-1-5-11)19-8-2-6-12(19)10-20-17-14(16-18-20)13-7-3-9-22-13/h3,7,9,11-12H,1-2,4-6,8,10H2/t12-/m1/s1. The molecule has 22 heavy (non-hydrogen) atoms. The minimum absolute atomic E-state index is 0.221. The van der Waals surface area contributed by atoms with Crippen LogP contribution in [0.25, 0.3) is 10.7 Å². The Morgan fingerprint density at radius 3 is 2.95 bits per heavy atom. The zero-order valence-corrected chi connectivity index (χ0v) is 13.2. The van der Waals surface area contributed by atoms with E-state index in [1.165, 1.54) is 6.42 Å². The van der Waals surface area contributed by atoms with E-state index < -0.39 is 0 Å². The van der Waals surface area contributed by atoms with Gasteiger partial charge in [0.2, 0.25) is 11.7 Å². The normalized spacial score (nSPS) is 22.0. The van der Waals surface area contributed by atoms with Crippen molar-refractivity contribution in [2.45, 2.75) is 44.7 Å². The van der Waals surface area contributed by atoms with Crippen LogP contribution in [-0.4, -0.2) is 43.6 Å². The third kappa shape index (κ3) is 2.54. The predicted octanol–water partition coefficient (Wildman–Crippen LogP) is 2.19. The van der Waals surface area contributed by atoms with Crippen molar-refractivity contribution < 1.29 is 4.79 Å². The third-order valence-electron chi connectivity index (χ3n) is 4.68. The second-order valence-corrected chi connectivity index (χ2v) is 7.05. The molecule has 1 saturated carbocycles. The molecule has 6 nitrogen and oxygen atoms in total. The Balaban J connectivity index is 1.44. The molecule has 1 saturated heterocycles. The van der Waals surface area contributed by atoms with Crippen molar-refractivity contribution >= 4 is 17.2 Å². The number of amides is 1. The Morgan fingerprint density at radius 2 is 2.23 bits per heavy atom. The van der Waals surface area contributed by atoms with Crippen molar-refractivity contribution in [3.05, 3.63) is 17.5 Å². The van der Waals surface area contributed by atoms with Crippen LogP contribution in [0.15, 0.2) is 17.5 Å². The topological polar surface area (TPSA) is 63.9 Å². The van der Waals surface area contributed by atoms with Crippen LogP contribution in [0, 0.1) is 5.92 Å². The summed E-state index contributed by atoms with van der Waals surface area (Å²) in [7, 11) is 0. The lowest BCUT2D eigenvalue weighted by Gasteiger charge is -2.32. The molecule has 1 aliphatic carbocycles. The first kappa shape index (κ1) is 13.9. The molecule has 0 bridgehead atoms. The number of tetrazole rings is 1. The molecule has 1 atom stereocenters. The lowest BCUT2D eigenvalue weighted by molar-refractivity contribution is -0.139. The van der Waals surface area contributed by atoms with E-state index in [0.717, 1.165) is 37.1 Å². The first-order chi connectivity index (χ1) is 10.8. The fourth-order valence-corrected chi connectivity index (χ4v) is 3.87. The van der Waals surface area contributed by atoms with Gasteiger partial charge < -0.3 is 4.90 Å². The van der Waals surface area contributed by atoms with Crippen molar-refractivity contribution in [3.63, 3.8) is 0 Å². The van der Waals surface area contributed by atoms with Crippen LogP contribution >= 0.6 is 11.3 Å². The Hall–Kier alpha value is -1.76. The minimum atomic E-state index is 0.221. The zero-order valence-electron chi connectivity index (χ0n) is 12.4. The van der Waals surface area contributed by atoms with E-state index >= 15 is 0 Å². The molecule has 116 valence electrons. The fourth-order valence-electron chi connectivity index (χ4n) is 3.22. The molecule has 0 unspecified atom stereocenters. The molecule has 3 heterocycles. The van der Waals surface area contributed by atoms with Gasteiger partial charge >= 0.3 is 0 Å². The highest BCUT2D eigenvalue weighted by Gasteiger charge is 2.35. The summed E-state index contributed by atoms with van der Waals surface area (Å²) in [6.45, 7) is 1.53. The molecule has 4 rings (SSSR count). The molecule has 2 aromatic heterocycles. The Kier molecular flexibility index (Phi) is 3.65. The number of hydrogen-bond donors (Lipinski definition) is 0. The van der Waals surface area contributed by atoms with Gasteiger partial charge in [0.15, 0.2) is 0 Å². The second kappa shape index (κ2) is 5.79. The maximum absolute atomic E-state index is 12.5. The molecule has 1 aliphatic heterocycles. The minimum Gasteiger partial charge on any atom is -0.338 e. The van der Waals surface area contributed by atoms with E-state index in [9.17, 15) is 4.79 Å². The summed E-state index contributed by atoms with van der Waals surface area (Å²) in [5, 5.41) is 14.7. The van der Waals surface area contributed by atoms with Crippen LogP contribution in [0.4, 0.5) is 0 Å². The average Bonchev–Trinajstić information content (AvgIpc) is 3.18. The molecular weight excluding hydrogens is 298 g/mol. The number of carbonyl (C=O) groups is 1. The van der Waals surface area contributed by atoms with Crippen molar-refractivity contribution in [3.8, 4) is 10.7 Å². The maximum Gasteiger partial charge on any atom is 0.225 e. The highest BCUT2D eigenvalue weighted by molar-refractivity contribution is 7.13. The van der Waals surface area contributed by atoms with Gasteiger partial charge in [-0.2, -0.15) is 4.80 Å². The number of rotatable bonds is 4. The summed E-state index contributed by atoms with van der Waals surface area (Å²) in [4.78, 5) is 17.2. The van der Waals surface area contributed by atoms with E-state index in [1.807, 2.05) is 17.5 Å². The second-order valence-electron chi connectivity index (χ2n) is 6.10. The van der Waals surface area contributed by atoms with E-state index in [0.29, 0.717) is 18.3 Å². The smallest absolute Gasteiger partial charge is 0.225 e. The monoisotopic (exact) mass is 317 g/mol. The van der Waals surface area contributed by atoms with Gasteiger partial charge in [-0.25, -0.2) is 0 Å². The molecule has 2 aliphatic rings. The average molecular weight is 317 g/mol. The summed E-state index contributed by atoms with van der Waals surface area (Å²) in [6.07, 6.45) is 5.44. The molecule has 0 spiro atoms. The quantitative estimate of drug-likeness (QED) is 0.867. The SMILES string of the molecule is O=C(C1CCC1)N1CCC[C@@H]1Cn1nnc(-c2cccs2)n1. The summed E-state index contributed by atoms with van der Waals surface area (Å²) < 4.78 is 0. The van der Waals surface area contributed by atoms with Crippen molar-refractivity contribution in [1.82, 2.24) is 25.1 Å². The van der Waals surface area contributed by atoms with Crippen LogP contribution in [0.1, 0.15) is 32.1 Å². The Bertz CT molecular complexity index is 649. The molecule has 2 fully saturated rings. The molecule has 7 heteroatoms. The van der Waals surface area contributed by atoms with Crippen molar-refractivity contribution in [2.75, 3.05) is 6.54 Å².